The summed E-state index contributed by atoms with van der Waals surface area (Å²) in [5, 5.41) is 9.23. The molecule has 5 N–H and O–H groups in total. The van der Waals surface area contributed by atoms with E-state index in [0.717, 1.165) is 6.07 Å². The van der Waals surface area contributed by atoms with Gasteiger partial charge in [0.15, 0.2) is 0 Å². The van der Waals surface area contributed by atoms with Crippen molar-refractivity contribution in [3.63, 3.8) is 0 Å². The fourth-order valence-electron chi connectivity index (χ4n) is 1.85. The Morgan fingerprint density at radius 2 is 1.48 bits per heavy atom. The molecule has 0 aromatic heterocycles. The smallest absolute Gasteiger partial charge is 0.296 e. The van der Waals surface area contributed by atoms with E-state index in [1.54, 1.807) is 0 Å². The van der Waals surface area contributed by atoms with Gasteiger partial charge in [-0.15, -0.1) is 0 Å². The summed E-state index contributed by atoms with van der Waals surface area (Å²) in [5.74, 6) is -0.490. The van der Waals surface area contributed by atoms with E-state index < -0.39 is 41.5 Å². The molecule has 2 aromatic carbocycles. The first-order valence-corrected chi connectivity index (χ1v) is 7.90. The second-order valence-corrected chi connectivity index (χ2v) is 6.72. The maximum Gasteiger partial charge on any atom is 0.296 e. The Kier molecular flexibility index (Phi) is 4.95. The number of phenols is 1. The van der Waals surface area contributed by atoms with E-state index >= 15 is 0 Å². The predicted octanol–water partition coefficient (Wildman–Crippen LogP) is 0.240. The topological polar surface area (TPSA) is 155 Å². The molecular weight excluding hydrogens is 333 g/mol. The van der Waals surface area contributed by atoms with Gasteiger partial charge in [0.25, 0.3) is 20.2 Å². The molecule has 0 fully saturated rings. The molecule has 0 aliphatic carbocycles. The number of aromatic hydroxyl groups is 1. The van der Waals surface area contributed by atoms with Crippen LogP contribution in [0.15, 0.2) is 34.1 Å². The number of anilines is 1. The third kappa shape index (κ3) is 3.31. The average Bonchev–Trinajstić information content (AvgIpc) is 2.25. The second kappa shape index (κ2) is 5.72. The first-order valence-electron chi connectivity index (χ1n) is 5.02. The maximum absolute atomic E-state index is 11.3. The second-order valence-electron chi connectivity index (χ2n) is 3.94. The van der Waals surface area contributed by atoms with Crippen LogP contribution in [0.1, 0.15) is 0 Å². The third-order valence-electron chi connectivity index (χ3n) is 2.66. The largest absolute Gasteiger partial charge is 0.507 e. The molecule has 109 valence electrons. The van der Waals surface area contributed by atoms with Gasteiger partial charge in [-0.1, -0.05) is 12.1 Å². The SMILES string of the molecule is Nc1c(S(=O)(=O)O)cc(S(=O)(=O)O)c2cccc(O)c12.[Na]. The number of benzene rings is 2. The normalized spacial score (nSPS) is 12.1. The molecule has 0 heterocycles. The van der Waals surface area contributed by atoms with Crippen molar-refractivity contribution < 1.29 is 31.0 Å². The molecule has 0 saturated heterocycles. The molecule has 1 radical (unpaired) electrons. The van der Waals surface area contributed by atoms with Crippen LogP contribution < -0.4 is 5.73 Å². The van der Waals surface area contributed by atoms with Crippen LogP contribution in [0.2, 0.25) is 0 Å². The molecule has 0 atom stereocenters. The van der Waals surface area contributed by atoms with Gasteiger partial charge in [-0.3, -0.25) is 9.11 Å². The van der Waals surface area contributed by atoms with Crippen LogP contribution in [0.4, 0.5) is 5.69 Å². The van der Waals surface area contributed by atoms with Crippen molar-refractivity contribution in [2.75, 3.05) is 5.73 Å². The van der Waals surface area contributed by atoms with Crippen LogP contribution in [0, 0.1) is 0 Å². The van der Waals surface area contributed by atoms with Crippen molar-refractivity contribution in [1.82, 2.24) is 0 Å². The van der Waals surface area contributed by atoms with Gasteiger partial charge in [-0.25, -0.2) is 0 Å². The molecule has 0 saturated carbocycles. The van der Waals surface area contributed by atoms with Crippen molar-refractivity contribution in [2.24, 2.45) is 0 Å². The average molecular weight is 342 g/mol. The van der Waals surface area contributed by atoms with Crippen LogP contribution >= 0.6 is 0 Å². The van der Waals surface area contributed by atoms with E-state index in [1.807, 2.05) is 0 Å². The monoisotopic (exact) mass is 342 g/mol. The summed E-state index contributed by atoms with van der Waals surface area (Å²) < 4.78 is 63.2. The Balaban J connectivity index is 0.00000220. The van der Waals surface area contributed by atoms with E-state index in [-0.39, 0.29) is 40.3 Å². The quantitative estimate of drug-likeness (QED) is 0.344. The molecule has 0 bridgehead atoms. The van der Waals surface area contributed by atoms with Crippen LogP contribution in [-0.4, -0.2) is 60.6 Å². The van der Waals surface area contributed by atoms with E-state index in [4.69, 9.17) is 14.8 Å². The molecule has 11 heteroatoms. The van der Waals surface area contributed by atoms with Gasteiger partial charge in [-0.2, -0.15) is 16.8 Å². The number of fused-ring (bicyclic) bond motifs is 1. The summed E-state index contributed by atoms with van der Waals surface area (Å²) in [6.07, 6.45) is 0. The van der Waals surface area contributed by atoms with Crippen LogP contribution in [-0.2, 0) is 20.2 Å². The van der Waals surface area contributed by atoms with Crippen molar-refractivity contribution in [3.8, 4) is 5.75 Å². The molecule has 0 unspecified atom stereocenters. The van der Waals surface area contributed by atoms with Crippen molar-refractivity contribution >= 4 is 66.3 Å². The predicted molar refractivity (Wildman–Crippen MR) is 75.4 cm³/mol. The fraction of sp³-hybridized carbons (Fsp3) is 0. The zero-order valence-electron chi connectivity index (χ0n) is 10.7. The summed E-state index contributed by atoms with van der Waals surface area (Å²) in [7, 11) is -9.62. The Bertz CT molecular complexity index is 922. The molecule has 0 aliphatic rings. The van der Waals surface area contributed by atoms with Crippen LogP contribution in [0.5, 0.6) is 5.75 Å². The van der Waals surface area contributed by atoms with E-state index in [2.05, 4.69) is 0 Å². The van der Waals surface area contributed by atoms with Crippen LogP contribution in [0.25, 0.3) is 10.8 Å². The number of nitrogens with two attached hydrogens (primary N) is 1. The molecule has 2 aromatic rings. The van der Waals surface area contributed by atoms with Gasteiger partial charge in [-0.05, 0) is 12.1 Å². The minimum absolute atomic E-state index is 0. The van der Waals surface area contributed by atoms with Gasteiger partial charge in [0.2, 0.25) is 0 Å². The Morgan fingerprint density at radius 1 is 0.952 bits per heavy atom. The summed E-state index contributed by atoms with van der Waals surface area (Å²) in [6, 6.07) is 4.20. The number of hydrogen-bond donors (Lipinski definition) is 4. The van der Waals surface area contributed by atoms with E-state index in [0.29, 0.717) is 6.07 Å². The number of phenolic OH excluding ortho intramolecular Hbond substituents is 1. The van der Waals surface area contributed by atoms with Gasteiger partial charge in [0, 0.05) is 40.3 Å². The molecule has 0 aliphatic heterocycles. The fourth-order valence-corrected chi connectivity index (χ4v) is 3.29. The number of nitrogen functional groups attached to an aromatic ring is 1. The Hall–Kier alpha value is -0.880. The van der Waals surface area contributed by atoms with Gasteiger partial charge >= 0.3 is 0 Å². The van der Waals surface area contributed by atoms with E-state index in [1.165, 1.54) is 12.1 Å². The zero-order chi connectivity index (χ0) is 15.3. The Labute approximate surface area is 142 Å². The first kappa shape index (κ1) is 18.2. The molecular formula is C10H9NNaO7S2. The standard InChI is InChI=1S/C10H9NO7S2.Na/c11-10-8(20(16,17)18)4-7(19(13,14)15)5-2-1-3-6(12)9(5)10;/h1-4,12H,11H2,(H,13,14,15)(H,16,17,18);. The van der Waals surface area contributed by atoms with Gasteiger partial charge < -0.3 is 10.8 Å². The number of hydrogen-bond acceptors (Lipinski definition) is 6. The minimum Gasteiger partial charge on any atom is -0.507 e. The molecule has 0 amide bonds. The molecule has 2 rings (SSSR count). The summed E-state index contributed by atoms with van der Waals surface area (Å²) >= 11 is 0. The van der Waals surface area contributed by atoms with Gasteiger partial charge in [0.05, 0.1) is 5.69 Å². The maximum atomic E-state index is 11.3. The molecule has 8 nitrogen and oxygen atoms in total. The van der Waals surface area contributed by atoms with Crippen molar-refractivity contribution in [1.29, 1.82) is 0 Å². The Morgan fingerprint density at radius 3 is 1.95 bits per heavy atom. The van der Waals surface area contributed by atoms with Crippen molar-refractivity contribution in [2.45, 2.75) is 9.79 Å². The van der Waals surface area contributed by atoms with Crippen molar-refractivity contribution in [3.05, 3.63) is 24.3 Å². The van der Waals surface area contributed by atoms with Crippen LogP contribution in [0.3, 0.4) is 0 Å². The van der Waals surface area contributed by atoms with Gasteiger partial charge in [0.1, 0.15) is 15.5 Å². The zero-order valence-corrected chi connectivity index (χ0v) is 14.3. The minimum atomic E-state index is -4.84. The summed E-state index contributed by atoms with van der Waals surface area (Å²) in [4.78, 5) is -1.70. The summed E-state index contributed by atoms with van der Waals surface area (Å²) in [5.41, 5.74) is 5.02. The molecule has 0 spiro atoms. The summed E-state index contributed by atoms with van der Waals surface area (Å²) in [6.45, 7) is 0. The van der Waals surface area contributed by atoms with E-state index in [9.17, 15) is 21.9 Å². The third-order valence-corrected chi connectivity index (χ3v) is 4.45. The molecule has 21 heavy (non-hydrogen) atoms. The number of rotatable bonds is 2. The first-order chi connectivity index (χ1) is 9.03.